The van der Waals surface area contributed by atoms with E-state index in [-0.39, 0.29) is 23.9 Å². The second kappa shape index (κ2) is 8.14. The molecular weight excluding hydrogens is 320 g/mol. The van der Waals surface area contributed by atoms with Gasteiger partial charge in [-0.1, -0.05) is 29.8 Å². The molecule has 1 N–H and O–H groups in total. The number of nitrogens with zero attached hydrogens (tertiary/aromatic N) is 1. The fourth-order valence-corrected chi connectivity index (χ4v) is 1.92. The summed E-state index contributed by atoms with van der Waals surface area (Å²) in [6, 6.07) is 10.3. The Bertz CT molecular complexity index is 689. The number of aromatic nitrogens is 1. The van der Waals surface area contributed by atoms with Gasteiger partial charge >= 0.3 is 5.97 Å². The lowest BCUT2D eigenvalue weighted by Gasteiger charge is -2.09. The Kier molecular flexibility index (Phi) is 5.94. The van der Waals surface area contributed by atoms with Crippen LogP contribution in [0.2, 0.25) is 5.15 Å². The van der Waals surface area contributed by atoms with Gasteiger partial charge in [0.05, 0.1) is 12.7 Å². The maximum absolute atomic E-state index is 11.7. The molecule has 2 aromatic rings. The first-order valence-corrected chi connectivity index (χ1v) is 7.15. The first-order valence-electron chi connectivity index (χ1n) is 6.77. The Morgan fingerprint density at radius 1 is 1.22 bits per heavy atom. The molecular formula is C16H15ClN2O4. The summed E-state index contributed by atoms with van der Waals surface area (Å²) < 4.78 is 10.1. The zero-order valence-electron chi connectivity index (χ0n) is 12.4. The molecule has 120 valence electrons. The lowest BCUT2D eigenvalue weighted by atomic mass is 10.2. The van der Waals surface area contributed by atoms with Crippen LogP contribution in [0.15, 0.2) is 42.6 Å². The smallest absolute Gasteiger partial charge is 0.340 e. The van der Waals surface area contributed by atoms with Crippen molar-refractivity contribution in [3.8, 4) is 5.75 Å². The van der Waals surface area contributed by atoms with Crippen LogP contribution in [0.3, 0.4) is 0 Å². The number of amides is 1. The van der Waals surface area contributed by atoms with Crippen molar-refractivity contribution in [2.45, 2.75) is 6.54 Å². The van der Waals surface area contributed by atoms with Crippen molar-refractivity contribution >= 4 is 23.5 Å². The van der Waals surface area contributed by atoms with Crippen LogP contribution in [0.5, 0.6) is 5.75 Å². The van der Waals surface area contributed by atoms with E-state index in [0.717, 1.165) is 5.56 Å². The minimum absolute atomic E-state index is 0.229. The Hall–Kier alpha value is -2.60. The predicted octanol–water partition coefficient (Wildman–Crippen LogP) is 2.22. The topological polar surface area (TPSA) is 77.5 Å². The van der Waals surface area contributed by atoms with Crippen molar-refractivity contribution < 1.29 is 19.1 Å². The molecule has 0 unspecified atom stereocenters. The number of pyridine rings is 1. The number of carbonyl (C=O) groups is 2. The SMILES string of the molecule is COc1ccccc1CNC(=O)COC(=O)c1ccc(Cl)nc1. The van der Waals surface area contributed by atoms with Crippen LogP contribution >= 0.6 is 11.6 Å². The number of hydrogen-bond acceptors (Lipinski definition) is 5. The molecule has 0 radical (unpaired) electrons. The number of para-hydroxylation sites is 1. The summed E-state index contributed by atoms with van der Waals surface area (Å²) in [5.41, 5.74) is 1.06. The monoisotopic (exact) mass is 334 g/mol. The molecule has 0 saturated carbocycles. The lowest BCUT2D eigenvalue weighted by Crippen LogP contribution is -2.28. The summed E-state index contributed by atoms with van der Waals surface area (Å²) in [4.78, 5) is 27.2. The molecule has 1 heterocycles. The third-order valence-electron chi connectivity index (χ3n) is 2.97. The van der Waals surface area contributed by atoms with Gasteiger partial charge in [-0.15, -0.1) is 0 Å². The summed E-state index contributed by atoms with van der Waals surface area (Å²) in [7, 11) is 1.56. The highest BCUT2D eigenvalue weighted by atomic mass is 35.5. The molecule has 2 rings (SSSR count). The normalized spacial score (nSPS) is 10.0. The van der Waals surface area contributed by atoms with Gasteiger partial charge in [0, 0.05) is 18.3 Å². The number of hydrogen-bond donors (Lipinski definition) is 1. The number of carbonyl (C=O) groups excluding carboxylic acids is 2. The average molecular weight is 335 g/mol. The highest BCUT2D eigenvalue weighted by Crippen LogP contribution is 2.16. The van der Waals surface area contributed by atoms with Gasteiger partial charge in [0.2, 0.25) is 0 Å². The van der Waals surface area contributed by atoms with Gasteiger partial charge in [0.25, 0.3) is 5.91 Å². The number of benzene rings is 1. The third-order valence-corrected chi connectivity index (χ3v) is 3.19. The van der Waals surface area contributed by atoms with Crippen molar-refractivity contribution in [3.63, 3.8) is 0 Å². The zero-order chi connectivity index (χ0) is 16.7. The van der Waals surface area contributed by atoms with Crippen molar-refractivity contribution in [3.05, 3.63) is 58.9 Å². The fraction of sp³-hybridized carbons (Fsp3) is 0.188. The first kappa shape index (κ1) is 16.8. The minimum atomic E-state index is -0.637. The quantitative estimate of drug-likeness (QED) is 0.647. The molecule has 7 heteroatoms. The maximum Gasteiger partial charge on any atom is 0.340 e. The van der Waals surface area contributed by atoms with Crippen LogP contribution < -0.4 is 10.1 Å². The van der Waals surface area contributed by atoms with Gasteiger partial charge in [0.15, 0.2) is 6.61 Å². The van der Waals surface area contributed by atoms with E-state index in [2.05, 4.69) is 10.3 Å². The number of esters is 1. The third kappa shape index (κ3) is 4.96. The molecule has 0 aliphatic heterocycles. The highest BCUT2D eigenvalue weighted by Gasteiger charge is 2.11. The summed E-state index contributed by atoms with van der Waals surface area (Å²) in [5, 5.41) is 2.93. The number of ether oxygens (including phenoxy) is 2. The van der Waals surface area contributed by atoms with Crippen molar-refractivity contribution in [1.82, 2.24) is 10.3 Å². The van der Waals surface area contributed by atoms with E-state index in [4.69, 9.17) is 21.1 Å². The molecule has 23 heavy (non-hydrogen) atoms. The summed E-state index contributed by atoms with van der Waals surface area (Å²) >= 11 is 5.63. The van der Waals surface area contributed by atoms with Gasteiger partial charge < -0.3 is 14.8 Å². The van der Waals surface area contributed by atoms with Gasteiger partial charge in [0.1, 0.15) is 10.9 Å². The average Bonchev–Trinajstić information content (AvgIpc) is 2.58. The van der Waals surface area contributed by atoms with E-state index >= 15 is 0 Å². The molecule has 0 saturated heterocycles. The largest absolute Gasteiger partial charge is 0.496 e. The highest BCUT2D eigenvalue weighted by molar-refractivity contribution is 6.29. The molecule has 0 spiro atoms. The van der Waals surface area contributed by atoms with E-state index in [9.17, 15) is 9.59 Å². The molecule has 6 nitrogen and oxygen atoms in total. The zero-order valence-corrected chi connectivity index (χ0v) is 13.2. The van der Waals surface area contributed by atoms with E-state index in [0.29, 0.717) is 5.75 Å². The molecule has 0 atom stereocenters. The van der Waals surface area contributed by atoms with Crippen LogP contribution in [0, 0.1) is 0 Å². The standard InChI is InChI=1S/C16H15ClN2O4/c1-22-13-5-3-2-4-11(13)8-19-15(20)10-23-16(21)12-6-7-14(17)18-9-12/h2-7,9H,8,10H2,1H3,(H,19,20). The van der Waals surface area contributed by atoms with E-state index in [1.54, 1.807) is 13.2 Å². The van der Waals surface area contributed by atoms with Crippen LogP contribution in [-0.4, -0.2) is 30.6 Å². The van der Waals surface area contributed by atoms with Gasteiger partial charge in [-0.3, -0.25) is 4.79 Å². The molecule has 0 bridgehead atoms. The van der Waals surface area contributed by atoms with Crippen molar-refractivity contribution in [2.24, 2.45) is 0 Å². The van der Waals surface area contributed by atoms with Crippen molar-refractivity contribution in [1.29, 1.82) is 0 Å². The summed E-state index contributed by atoms with van der Waals surface area (Å²) in [6.07, 6.45) is 1.29. The summed E-state index contributed by atoms with van der Waals surface area (Å²) in [5.74, 6) is -0.371. The Labute approximate surface area is 138 Å². The van der Waals surface area contributed by atoms with Gasteiger partial charge in [-0.2, -0.15) is 0 Å². The molecule has 1 aromatic heterocycles. The minimum Gasteiger partial charge on any atom is -0.496 e. The van der Waals surface area contributed by atoms with Crippen LogP contribution in [-0.2, 0) is 16.1 Å². The Morgan fingerprint density at radius 2 is 2.00 bits per heavy atom. The second-order valence-electron chi connectivity index (χ2n) is 4.53. The fourth-order valence-electron chi connectivity index (χ4n) is 1.80. The maximum atomic E-state index is 11.7. The summed E-state index contributed by atoms with van der Waals surface area (Å²) in [6.45, 7) is -0.0977. The van der Waals surface area contributed by atoms with Crippen LogP contribution in [0.1, 0.15) is 15.9 Å². The molecule has 0 aliphatic rings. The Balaban J connectivity index is 1.81. The number of rotatable bonds is 6. The molecule has 1 amide bonds. The Morgan fingerprint density at radius 3 is 2.70 bits per heavy atom. The van der Waals surface area contributed by atoms with Gasteiger partial charge in [-0.05, 0) is 18.2 Å². The van der Waals surface area contributed by atoms with Crippen molar-refractivity contribution in [2.75, 3.05) is 13.7 Å². The number of halogens is 1. The number of nitrogens with one attached hydrogen (secondary N) is 1. The predicted molar refractivity (Wildman–Crippen MR) is 84.4 cm³/mol. The lowest BCUT2D eigenvalue weighted by molar-refractivity contribution is -0.124. The first-order chi connectivity index (χ1) is 11.1. The van der Waals surface area contributed by atoms with E-state index in [1.807, 2.05) is 18.2 Å². The number of methoxy groups -OCH3 is 1. The molecule has 0 aliphatic carbocycles. The second-order valence-corrected chi connectivity index (χ2v) is 4.92. The molecule has 0 fully saturated rings. The van der Waals surface area contributed by atoms with Crippen LogP contribution in [0.4, 0.5) is 0 Å². The van der Waals surface area contributed by atoms with Crippen LogP contribution in [0.25, 0.3) is 0 Å². The van der Waals surface area contributed by atoms with E-state index < -0.39 is 11.9 Å². The van der Waals surface area contributed by atoms with Gasteiger partial charge in [-0.25, -0.2) is 9.78 Å². The van der Waals surface area contributed by atoms with E-state index in [1.165, 1.54) is 18.3 Å². The molecule has 1 aromatic carbocycles.